The Morgan fingerprint density at radius 1 is 1.21 bits per heavy atom. The number of amides is 3. The number of benzene rings is 1. The number of Topliss-reactive ketones (excluding diaryl/α,β-unsaturated/α-hetero) is 1. The third-order valence-corrected chi connectivity index (χ3v) is 8.76. The van der Waals surface area contributed by atoms with Gasteiger partial charge in [-0.2, -0.15) is 0 Å². The van der Waals surface area contributed by atoms with Gasteiger partial charge in [-0.3, -0.25) is 19.2 Å². The average molecular weight is 539 g/mol. The summed E-state index contributed by atoms with van der Waals surface area (Å²) in [4.78, 5) is 57.6. The molecule has 210 valence electrons. The van der Waals surface area contributed by atoms with E-state index in [4.69, 9.17) is 4.74 Å². The highest BCUT2D eigenvalue weighted by Crippen LogP contribution is 2.43. The topological polar surface area (TPSA) is 141 Å². The summed E-state index contributed by atoms with van der Waals surface area (Å²) in [7, 11) is 1.58. The van der Waals surface area contributed by atoms with Crippen LogP contribution in [0.15, 0.2) is 24.3 Å². The van der Waals surface area contributed by atoms with E-state index in [9.17, 15) is 24.3 Å². The van der Waals surface area contributed by atoms with Crippen molar-refractivity contribution in [2.75, 3.05) is 26.8 Å². The molecule has 3 amide bonds. The maximum atomic E-state index is 13.8. The monoisotopic (exact) mass is 538 g/mol. The predicted molar refractivity (Wildman–Crippen MR) is 144 cm³/mol. The van der Waals surface area contributed by atoms with E-state index in [2.05, 4.69) is 15.6 Å². The number of ether oxygens (including phenoxy) is 1. The number of nitrogens with zero attached hydrogens (tertiary/aromatic N) is 1. The van der Waals surface area contributed by atoms with E-state index in [1.807, 2.05) is 18.2 Å². The Hall–Kier alpha value is -3.40. The van der Waals surface area contributed by atoms with Crippen LogP contribution in [0.25, 0.3) is 10.9 Å². The first kappa shape index (κ1) is 27.2. The largest absolute Gasteiger partial charge is 0.496 e. The van der Waals surface area contributed by atoms with E-state index in [1.165, 1.54) is 0 Å². The van der Waals surface area contributed by atoms with Crippen LogP contribution < -0.4 is 15.4 Å². The van der Waals surface area contributed by atoms with Crippen LogP contribution >= 0.6 is 0 Å². The Balaban J connectivity index is 1.35. The molecule has 1 aromatic heterocycles. The lowest BCUT2D eigenvalue weighted by atomic mass is 9.90. The normalized spacial score (nSPS) is 25.3. The molecule has 2 aliphatic heterocycles. The van der Waals surface area contributed by atoms with Crippen molar-refractivity contribution in [2.24, 2.45) is 17.8 Å². The van der Waals surface area contributed by atoms with Crippen LogP contribution in [0.3, 0.4) is 0 Å². The molecule has 0 radical (unpaired) electrons. The van der Waals surface area contributed by atoms with Gasteiger partial charge in [-0.25, -0.2) is 0 Å². The van der Waals surface area contributed by atoms with Gasteiger partial charge in [-0.05, 0) is 68.6 Å². The lowest BCUT2D eigenvalue weighted by Crippen LogP contribution is -2.53. The van der Waals surface area contributed by atoms with Gasteiger partial charge in [0, 0.05) is 36.3 Å². The van der Waals surface area contributed by atoms with E-state index in [-0.39, 0.29) is 54.3 Å². The molecule has 3 heterocycles. The number of likely N-dealkylation sites (tertiary alicyclic amines) is 1. The Morgan fingerprint density at radius 3 is 2.82 bits per heavy atom. The zero-order chi connectivity index (χ0) is 27.5. The first-order valence-corrected chi connectivity index (χ1v) is 14.1. The van der Waals surface area contributed by atoms with Crippen LogP contribution in [0.2, 0.25) is 0 Å². The van der Waals surface area contributed by atoms with E-state index >= 15 is 0 Å². The number of aliphatic hydroxyl groups excluding tert-OH is 1. The van der Waals surface area contributed by atoms with E-state index in [0.717, 1.165) is 43.0 Å². The van der Waals surface area contributed by atoms with Gasteiger partial charge in [0.2, 0.25) is 11.8 Å². The van der Waals surface area contributed by atoms with E-state index in [1.54, 1.807) is 18.1 Å². The highest BCUT2D eigenvalue weighted by atomic mass is 16.5. The Morgan fingerprint density at radius 2 is 2.05 bits per heavy atom. The molecule has 1 aromatic carbocycles. The number of nitrogens with one attached hydrogen (secondary N) is 3. The standard InChI is InChI=1S/C29H38N4O6/c1-39-25-9-3-8-21-20(25)15-23(31-21)29(38)33-16-18-5-2-7-19(18)26(33)28(37)32-22(24(35)12-14-34)11-10-17-6-4-13-30-27(17)36/h3,8-9,15,17-19,22,26,31,34H,2,4-7,10-14,16H2,1H3,(H,30,36)(H,32,37)/t17-,18-,19-,22-,26-/m0/s1. The second-order valence-corrected chi connectivity index (χ2v) is 11.1. The van der Waals surface area contributed by atoms with Crippen LogP contribution in [-0.2, 0) is 14.4 Å². The van der Waals surface area contributed by atoms with Crippen molar-refractivity contribution in [1.82, 2.24) is 20.5 Å². The molecule has 3 fully saturated rings. The Kier molecular flexibility index (Phi) is 8.20. The van der Waals surface area contributed by atoms with Crippen molar-refractivity contribution >= 4 is 34.4 Å². The van der Waals surface area contributed by atoms with Gasteiger partial charge in [0.15, 0.2) is 5.78 Å². The molecule has 0 bridgehead atoms. The number of rotatable bonds is 10. The number of hydrogen-bond acceptors (Lipinski definition) is 6. The lowest BCUT2D eigenvalue weighted by Gasteiger charge is -2.29. The van der Waals surface area contributed by atoms with Crippen molar-refractivity contribution in [3.63, 3.8) is 0 Å². The molecule has 5 atom stereocenters. The molecule has 2 saturated heterocycles. The molecule has 0 unspecified atom stereocenters. The fourth-order valence-corrected chi connectivity index (χ4v) is 6.76. The number of H-pyrrole nitrogens is 1. The fraction of sp³-hybridized carbons (Fsp3) is 0.586. The third-order valence-electron chi connectivity index (χ3n) is 8.76. The number of aromatic nitrogens is 1. The van der Waals surface area contributed by atoms with Gasteiger partial charge in [-0.15, -0.1) is 0 Å². The molecule has 3 aliphatic rings. The number of fused-ring (bicyclic) bond motifs is 2. The summed E-state index contributed by atoms with van der Waals surface area (Å²) in [5.74, 6) is -0.126. The molecule has 10 heteroatoms. The van der Waals surface area contributed by atoms with Crippen LogP contribution in [0.4, 0.5) is 0 Å². The number of piperidine rings is 1. The second kappa shape index (κ2) is 11.8. The molecule has 4 N–H and O–H groups in total. The maximum Gasteiger partial charge on any atom is 0.271 e. The number of methoxy groups -OCH3 is 1. The van der Waals surface area contributed by atoms with Crippen LogP contribution in [0.5, 0.6) is 5.75 Å². The number of ketones is 1. The fourth-order valence-electron chi connectivity index (χ4n) is 6.76. The molecule has 5 rings (SSSR count). The SMILES string of the molecule is COc1cccc2[nH]c(C(=O)N3C[C@@H]4CCC[C@@H]4[C@H]3C(=O)N[C@@H](CC[C@@H]3CCCNC3=O)C(=O)CCO)cc12. The van der Waals surface area contributed by atoms with Gasteiger partial charge in [0.05, 0.1) is 19.8 Å². The molecular formula is C29H38N4O6. The zero-order valence-corrected chi connectivity index (χ0v) is 22.4. The number of carbonyl (C=O) groups excluding carboxylic acids is 4. The summed E-state index contributed by atoms with van der Waals surface area (Å²) in [6.45, 7) is 0.847. The summed E-state index contributed by atoms with van der Waals surface area (Å²) in [5.41, 5.74) is 1.17. The van der Waals surface area contributed by atoms with Crippen LogP contribution in [0.1, 0.15) is 61.9 Å². The number of carbonyl (C=O) groups is 4. The molecular weight excluding hydrogens is 500 g/mol. The lowest BCUT2D eigenvalue weighted by molar-refractivity contribution is -0.131. The Bertz CT molecular complexity index is 1240. The van der Waals surface area contributed by atoms with E-state index < -0.39 is 12.1 Å². The van der Waals surface area contributed by atoms with Gasteiger partial charge in [-0.1, -0.05) is 12.5 Å². The van der Waals surface area contributed by atoms with Crippen molar-refractivity contribution in [3.05, 3.63) is 30.0 Å². The van der Waals surface area contributed by atoms with Gasteiger partial charge in [0.1, 0.15) is 17.5 Å². The van der Waals surface area contributed by atoms with Crippen LogP contribution in [0, 0.1) is 17.8 Å². The minimum Gasteiger partial charge on any atom is -0.496 e. The van der Waals surface area contributed by atoms with Crippen molar-refractivity contribution in [3.8, 4) is 5.75 Å². The molecule has 1 saturated carbocycles. The van der Waals surface area contributed by atoms with Crippen molar-refractivity contribution in [1.29, 1.82) is 0 Å². The number of aliphatic hydroxyl groups is 1. The molecule has 1 aliphatic carbocycles. The zero-order valence-electron chi connectivity index (χ0n) is 22.4. The quantitative estimate of drug-likeness (QED) is 0.365. The van der Waals surface area contributed by atoms with Crippen molar-refractivity contribution < 1.29 is 29.0 Å². The maximum absolute atomic E-state index is 13.8. The minimum absolute atomic E-state index is 0.0164. The van der Waals surface area contributed by atoms with Crippen molar-refractivity contribution in [2.45, 2.75) is 63.5 Å². The third kappa shape index (κ3) is 5.52. The van der Waals surface area contributed by atoms with Gasteiger partial charge >= 0.3 is 0 Å². The predicted octanol–water partition coefficient (Wildman–Crippen LogP) is 2.16. The molecule has 10 nitrogen and oxygen atoms in total. The highest BCUT2D eigenvalue weighted by molar-refractivity contribution is 6.02. The summed E-state index contributed by atoms with van der Waals surface area (Å²) in [6, 6.07) is 5.84. The summed E-state index contributed by atoms with van der Waals surface area (Å²) >= 11 is 0. The first-order valence-electron chi connectivity index (χ1n) is 14.1. The summed E-state index contributed by atoms with van der Waals surface area (Å²) in [5, 5.41) is 16.0. The minimum atomic E-state index is -0.811. The average Bonchev–Trinajstić information content (AvgIpc) is 3.65. The summed E-state index contributed by atoms with van der Waals surface area (Å²) in [6.07, 6.45) is 5.19. The molecule has 2 aromatic rings. The first-order chi connectivity index (χ1) is 18.9. The Labute approximate surface area is 227 Å². The number of aromatic amines is 1. The molecule has 39 heavy (non-hydrogen) atoms. The van der Waals surface area contributed by atoms with E-state index in [0.29, 0.717) is 37.4 Å². The summed E-state index contributed by atoms with van der Waals surface area (Å²) < 4.78 is 5.44. The second-order valence-electron chi connectivity index (χ2n) is 11.1. The van der Waals surface area contributed by atoms with Gasteiger partial charge in [0.25, 0.3) is 5.91 Å². The van der Waals surface area contributed by atoms with Gasteiger partial charge < -0.3 is 30.4 Å². The number of hydrogen-bond donors (Lipinski definition) is 4. The van der Waals surface area contributed by atoms with Crippen LogP contribution in [-0.4, -0.2) is 77.4 Å². The molecule has 0 spiro atoms. The highest BCUT2D eigenvalue weighted by Gasteiger charge is 2.50. The smallest absolute Gasteiger partial charge is 0.271 e.